The predicted octanol–water partition coefficient (Wildman–Crippen LogP) is -1.06. The highest BCUT2D eigenvalue weighted by atomic mass is 16.4. The summed E-state index contributed by atoms with van der Waals surface area (Å²) in [6, 6.07) is 0. The van der Waals surface area contributed by atoms with Crippen LogP contribution >= 0.6 is 0 Å². The highest BCUT2D eigenvalue weighted by Crippen LogP contribution is 1.95. The first-order valence-electron chi connectivity index (χ1n) is 3.23. The van der Waals surface area contributed by atoms with Crippen LogP contribution in [-0.4, -0.2) is 39.8 Å². The van der Waals surface area contributed by atoms with Gasteiger partial charge in [0, 0.05) is 5.57 Å². The fourth-order valence-electron chi connectivity index (χ4n) is 0.461. The maximum Gasteiger partial charge on any atom is 0.331 e. The lowest BCUT2D eigenvalue weighted by Crippen LogP contribution is -2.22. The molecule has 0 aliphatic heterocycles. The summed E-state index contributed by atoms with van der Waals surface area (Å²) in [6.45, 7) is 0.520. The zero-order valence-electron chi connectivity index (χ0n) is 6.52. The van der Waals surface area contributed by atoms with Crippen molar-refractivity contribution in [2.24, 2.45) is 0 Å². The molecule has 0 rings (SSSR count). The van der Waals surface area contributed by atoms with Crippen molar-refractivity contribution in [3.8, 4) is 0 Å². The summed E-state index contributed by atoms with van der Waals surface area (Å²) in [7, 11) is 0. The van der Waals surface area contributed by atoms with E-state index in [1.165, 1.54) is 6.92 Å². The van der Waals surface area contributed by atoms with Gasteiger partial charge in [0.15, 0.2) is 5.78 Å². The molecule has 12 heavy (non-hydrogen) atoms. The smallest absolute Gasteiger partial charge is 0.331 e. The Morgan fingerprint density at radius 3 is 2.33 bits per heavy atom. The fraction of sp³-hybridized carbons (Fsp3) is 0.429. The summed E-state index contributed by atoms with van der Waals surface area (Å²) in [5.74, 6) is -2.04. The van der Waals surface area contributed by atoms with Gasteiger partial charge in [0.05, 0.1) is 6.61 Å². The van der Waals surface area contributed by atoms with Crippen LogP contribution in [0.2, 0.25) is 0 Å². The van der Waals surface area contributed by atoms with E-state index in [4.69, 9.17) is 15.3 Å². The molecule has 0 saturated heterocycles. The van der Waals surface area contributed by atoms with Gasteiger partial charge in [-0.05, 0) is 13.0 Å². The van der Waals surface area contributed by atoms with Gasteiger partial charge in [0.2, 0.25) is 0 Å². The minimum Gasteiger partial charge on any atom is -0.478 e. The number of carbonyl (C=O) groups excluding carboxylic acids is 1. The first-order valence-corrected chi connectivity index (χ1v) is 3.23. The molecule has 0 spiro atoms. The van der Waals surface area contributed by atoms with E-state index >= 15 is 0 Å². The van der Waals surface area contributed by atoms with E-state index in [0.717, 1.165) is 6.08 Å². The molecule has 3 N–H and O–H groups in total. The van der Waals surface area contributed by atoms with Gasteiger partial charge >= 0.3 is 5.97 Å². The number of carboxylic acid groups (broad SMARTS) is 1. The number of aliphatic hydroxyl groups is 2. The summed E-state index contributed by atoms with van der Waals surface area (Å²) in [4.78, 5) is 20.9. The molecular formula is C7H10O5. The second-order valence-electron chi connectivity index (χ2n) is 2.23. The Balaban J connectivity index is 4.34. The average molecular weight is 174 g/mol. The first-order chi connectivity index (χ1) is 5.49. The van der Waals surface area contributed by atoms with Crippen molar-refractivity contribution in [1.82, 2.24) is 0 Å². The van der Waals surface area contributed by atoms with E-state index in [0.29, 0.717) is 0 Å². The van der Waals surface area contributed by atoms with E-state index < -0.39 is 24.5 Å². The van der Waals surface area contributed by atoms with Crippen LogP contribution in [0.4, 0.5) is 0 Å². The lowest BCUT2D eigenvalue weighted by Gasteiger charge is -2.00. The van der Waals surface area contributed by atoms with E-state index in [1.807, 2.05) is 0 Å². The van der Waals surface area contributed by atoms with Crippen LogP contribution in [0.15, 0.2) is 11.6 Å². The van der Waals surface area contributed by atoms with Crippen LogP contribution < -0.4 is 0 Å². The van der Waals surface area contributed by atoms with Crippen LogP contribution in [0, 0.1) is 0 Å². The summed E-state index contributed by atoms with van der Waals surface area (Å²) in [5.41, 5.74) is -0.174. The molecule has 0 aromatic rings. The largest absolute Gasteiger partial charge is 0.478 e. The van der Waals surface area contributed by atoms with Crippen molar-refractivity contribution >= 4 is 11.8 Å². The minimum absolute atomic E-state index is 0.174. The molecule has 0 fully saturated rings. The Morgan fingerprint density at radius 2 is 2.00 bits per heavy atom. The van der Waals surface area contributed by atoms with Crippen molar-refractivity contribution in [3.05, 3.63) is 11.6 Å². The number of hydrogen-bond donors (Lipinski definition) is 3. The lowest BCUT2D eigenvalue weighted by molar-refractivity contribution is -0.133. The van der Waals surface area contributed by atoms with Crippen molar-refractivity contribution in [2.45, 2.75) is 13.0 Å². The molecule has 0 radical (unpaired) electrons. The van der Waals surface area contributed by atoms with Gasteiger partial charge < -0.3 is 15.3 Å². The second-order valence-corrected chi connectivity index (χ2v) is 2.23. The fourth-order valence-corrected chi connectivity index (χ4v) is 0.461. The first kappa shape index (κ1) is 10.8. The maximum absolute atomic E-state index is 10.7. The third kappa shape index (κ3) is 3.27. The third-order valence-electron chi connectivity index (χ3n) is 1.20. The highest BCUT2D eigenvalue weighted by Gasteiger charge is 2.12. The van der Waals surface area contributed by atoms with Crippen molar-refractivity contribution in [1.29, 1.82) is 0 Å². The van der Waals surface area contributed by atoms with Gasteiger partial charge in [0.1, 0.15) is 6.10 Å². The van der Waals surface area contributed by atoms with Gasteiger partial charge in [-0.3, -0.25) is 4.79 Å². The van der Waals surface area contributed by atoms with Crippen LogP contribution in [0.3, 0.4) is 0 Å². The summed E-state index contributed by atoms with van der Waals surface area (Å²) >= 11 is 0. The average Bonchev–Trinajstić information content (AvgIpc) is 2.02. The van der Waals surface area contributed by atoms with E-state index in [1.54, 1.807) is 0 Å². The Kier molecular flexibility index (Phi) is 4.17. The normalized spacial score (nSPS) is 14.1. The minimum atomic E-state index is -1.53. The number of aliphatic hydroxyl groups excluding tert-OH is 2. The number of carbonyl (C=O) groups is 2. The molecule has 0 heterocycles. The number of aliphatic carboxylic acids is 1. The number of rotatable bonds is 4. The van der Waals surface area contributed by atoms with E-state index in [2.05, 4.69) is 0 Å². The van der Waals surface area contributed by atoms with Crippen LogP contribution in [0.5, 0.6) is 0 Å². The molecule has 0 saturated carbocycles. The van der Waals surface area contributed by atoms with Gasteiger partial charge in [-0.25, -0.2) is 4.79 Å². The van der Waals surface area contributed by atoms with Crippen molar-refractivity contribution < 1.29 is 24.9 Å². The molecule has 5 nitrogen and oxygen atoms in total. The van der Waals surface area contributed by atoms with Gasteiger partial charge in [-0.15, -0.1) is 0 Å². The Hall–Kier alpha value is -1.20. The molecular weight excluding hydrogens is 164 g/mol. The molecule has 68 valence electrons. The Bertz CT molecular complexity index is 218. The molecule has 0 aliphatic carbocycles. The van der Waals surface area contributed by atoms with Crippen LogP contribution in [-0.2, 0) is 9.59 Å². The zero-order chi connectivity index (χ0) is 9.72. The van der Waals surface area contributed by atoms with Gasteiger partial charge in [0.25, 0.3) is 0 Å². The van der Waals surface area contributed by atoms with Crippen LogP contribution in [0.1, 0.15) is 6.92 Å². The van der Waals surface area contributed by atoms with E-state index in [9.17, 15) is 9.59 Å². The SMILES string of the molecule is C/C(=C\C(=O)C(O)CO)C(=O)O. The number of ketones is 1. The molecule has 0 amide bonds. The molecule has 0 aromatic heterocycles. The second kappa shape index (κ2) is 4.63. The molecule has 0 aromatic carbocycles. The molecule has 1 atom stereocenters. The third-order valence-corrected chi connectivity index (χ3v) is 1.20. The van der Waals surface area contributed by atoms with Crippen molar-refractivity contribution in [2.75, 3.05) is 6.61 Å². The maximum atomic E-state index is 10.7. The molecule has 0 bridgehead atoms. The number of carboxylic acids is 1. The standard InChI is InChI=1S/C7H10O5/c1-4(7(11)12)2-5(9)6(10)3-8/h2,6,8,10H,3H2,1H3,(H,11,12)/b4-2+. The number of hydrogen-bond acceptors (Lipinski definition) is 4. The van der Waals surface area contributed by atoms with E-state index in [-0.39, 0.29) is 5.57 Å². The van der Waals surface area contributed by atoms with Gasteiger partial charge in [-0.1, -0.05) is 0 Å². The summed E-state index contributed by atoms with van der Waals surface area (Å²) in [6.07, 6.45) is -0.747. The summed E-state index contributed by atoms with van der Waals surface area (Å²) in [5, 5.41) is 25.3. The molecule has 1 unspecified atom stereocenters. The van der Waals surface area contributed by atoms with Crippen molar-refractivity contribution in [3.63, 3.8) is 0 Å². The highest BCUT2D eigenvalue weighted by molar-refractivity contribution is 6.00. The van der Waals surface area contributed by atoms with Crippen LogP contribution in [0.25, 0.3) is 0 Å². The lowest BCUT2D eigenvalue weighted by atomic mass is 10.1. The van der Waals surface area contributed by atoms with Gasteiger partial charge in [-0.2, -0.15) is 0 Å². The summed E-state index contributed by atoms with van der Waals surface area (Å²) < 4.78 is 0. The Morgan fingerprint density at radius 1 is 1.50 bits per heavy atom. The zero-order valence-corrected chi connectivity index (χ0v) is 6.52. The predicted molar refractivity (Wildman–Crippen MR) is 39.5 cm³/mol. The monoisotopic (exact) mass is 174 g/mol. The quantitative estimate of drug-likeness (QED) is 0.472. The molecule has 5 heteroatoms. The Labute approximate surface area is 68.9 Å². The molecule has 0 aliphatic rings. The topological polar surface area (TPSA) is 94.8 Å².